The Morgan fingerprint density at radius 3 is 1.90 bits per heavy atom. The first-order valence-electron chi connectivity index (χ1n) is 9.13. The fourth-order valence-electron chi connectivity index (χ4n) is 3.45. The van der Waals surface area contributed by atoms with E-state index in [2.05, 4.69) is 0 Å². The molecule has 0 bridgehead atoms. The molecule has 2 aromatic rings. The Balaban J connectivity index is 1.76. The van der Waals surface area contributed by atoms with Crippen LogP contribution in [0, 0.1) is 26.1 Å². The molecule has 8 heteroatoms. The van der Waals surface area contributed by atoms with Gasteiger partial charge in [0.05, 0.1) is 9.85 Å². The van der Waals surface area contributed by atoms with Crippen molar-refractivity contribution in [3.8, 4) is 0 Å². The number of allylic oxidation sites excluding steroid dienone is 2. The summed E-state index contributed by atoms with van der Waals surface area (Å²) in [6, 6.07) is 10.8. The van der Waals surface area contributed by atoms with Crippen LogP contribution in [0.5, 0.6) is 0 Å². The number of nitro benzene ring substituents is 2. The van der Waals surface area contributed by atoms with Crippen LogP contribution in [0.2, 0.25) is 0 Å². The molecule has 29 heavy (non-hydrogen) atoms. The van der Waals surface area contributed by atoms with Crippen molar-refractivity contribution in [2.75, 3.05) is 0 Å². The van der Waals surface area contributed by atoms with Gasteiger partial charge in [-0.1, -0.05) is 6.08 Å². The molecule has 3 rings (SSSR count). The van der Waals surface area contributed by atoms with Crippen LogP contribution in [0.4, 0.5) is 11.4 Å². The molecule has 1 atom stereocenters. The summed E-state index contributed by atoms with van der Waals surface area (Å²) in [4.78, 5) is 46.0. The molecule has 0 radical (unpaired) electrons. The van der Waals surface area contributed by atoms with Crippen molar-refractivity contribution in [3.05, 3.63) is 91.5 Å². The third-order valence-corrected chi connectivity index (χ3v) is 5.00. The fourth-order valence-corrected chi connectivity index (χ4v) is 3.45. The Kier molecular flexibility index (Phi) is 5.92. The molecule has 0 heterocycles. The highest BCUT2D eigenvalue weighted by molar-refractivity contribution is 6.10. The van der Waals surface area contributed by atoms with E-state index in [0.29, 0.717) is 23.1 Å². The first-order valence-corrected chi connectivity index (χ1v) is 9.13. The van der Waals surface area contributed by atoms with Crippen molar-refractivity contribution >= 4 is 22.9 Å². The zero-order valence-electron chi connectivity index (χ0n) is 15.4. The SMILES string of the molecule is O=C(C[C@H]1CCCC=C1C(=O)c1ccc([N+](=O)[O-])cc1)c1ccc([N+](=O)[O-])cc1. The number of carbonyl (C=O) groups is 2. The number of non-ortho nitro benzene ring substituents is 2. The van der Waals surface area contributed by atoms with Crippen molar-refractivity contribution in [1.82, 2.24) is 0 Å². The van der Waals surface area contributed by atoms with Gasteiger partial charge in [0.2, 0.25) is 0 Å². The minimum Gasteiger partial charge on any atom is -0.294 e. The maximum Gasteiger partial charge on any atom is 0.269 e. The Morgan fingerprint density at radius 1 is 0.862 bits per heavy atom. The smallest absolute Gasteiger partial charge is 0.269 e. The normalized spacial score (nSPS) is 16.0. The van der Waals surface area contributed by atoms with Crippen LogP contribution in [-0.2, 0) is 0 Å². The van der Waals surface area contributed by atoms with Crippen molar-refractivity contribution in [1.29, 1.82) is 0 Å². The van der Waals surface area contributed by atoms with Gasteiger partial charge in [-0.15, -0.1) is 0 Å². The van der Waals surface area contributed by atoms with Gasteiger partial charge >= 0.3 is 0 Å². The molecule has 0 N–H and O–H groups in total. The van der Waals surface area contributed by atoms with Crippen LogP contribution in [0.1, 0.15) is 46.4 Å². The molecule has 0 unspecified atom stereocenters. The molecule has 1 aliphatic carbocycles. The van der Waals surface area contributed by atoms with Gasteiger partial charge in [-0.25, -0.2) is 0 Å². The second-order valence-corrected chi connectivity index (χ2v) is 6.85. The summed E-state index contributed by atoms with van der Waals surface area (Å²) in [5.41, 5.74) is 1.07. The van der Waals surface area contributed by atoms with Gasteiger partial charge in [-0.05, 0) is 55.0 Å². The van der Waals surface area contributed by atoms with Gasteiger partial charge in [0.15, 0.2) is 11.6 Å². The lowest BCUT2D eigenvalue weighted by atomic mass is 9.80. The highest BCUT2D eigenvalue weighted by atomic mass is 16.6. The average molecular weight is 394 g/mol. The zero-order chi connectivity index (χ0) is 21.0. The highest BCUT2D eigenvalue weighted by Gasteiger charge is 2.27. The Bertz CT molecular complexity index is 993. The largest absolute Gasteiger partial charge is 0.294 e. The molecule has 148 valence electrons. The number of ketones is 2. The molecule has 1 aliphatic rings. The number of nitro groups is 2. The second-order valence-electron chi connectivity index (χ2n) is 6.85. The number of hydrogen-bond acceptors (Lipinski definition) is 6. The Hall–Kier alpha value is -3.68. The quantitative estimate of drug-likeness (QED) is 0.382. The van der Waals surface area contributed by atoms with Crippen molar-refractivity contribution in [3.63, 3.8) is 0 Å². The lowest BCUT2D eigenvalue weighted by Gasteiger charge is -2.23. The molecule has 0 saturated carbocycles. The van der Waals surface area contributed by atoms with E-state index in [-0.39, 0.29) is 35.3 Å². The van der Waals surface area contributed by atoms with Gasteiger partial charge < -0.3 is 0 Å². The van der Waals surface area contributed by atoms with E-state index < -0.39 is 9.85 Å². The van der Waals surface area contributed by atoms with Crippen molar-refractivity contribution in [2.45, 2.75) is 25.7 Å². The second kappa shape index (κ2) is 8.55. The summed E-state index contributed by atoms with van der Waals surface area (Å²) in [7, 11) is 0. The predicted molar refractivity (Wildman–Crippen MR) is 105 cm³/mol. The minimum atomic E-state index is -0.529. The van der Waals surface area contributed by atoms with E-state index in [1.165, 1.54) is 48.5 Å². The number of nitrogens with zero attached hydrogens (tertiary/aromatic N) is 2. The molecule has 0 fully saturated rings. The van der Waals surface area contributed by atoms with Gasteiger partial charge in [0.25, 0.3) is 11.4 Å². The van der Waals surface area contributed by atoms with Gasteiger partial charge in [0.1, 0.15) is 0 Å². The van der Waals surface area contributed by atoms with E-state index in [4.69, 9.17) is 0 Å². The fraction of sp³-hybridized carbons (Fsp3) is 0.238. The molecular formula is C21H18N2O6. The van der Waals surface area contributed by atoms with E-state index in [1.54, 1.807) is 0 Å². The summed E-state index contributed by atoms with van der Waals surface area (Å²) in [6.07, 6.45) is 4.23. The third-order valence-electron chi connectivity index (χ3n) is 5.00. The first-order chi connectivity index (χ1) is 13.9. The van der Waals surface area contributed by atoms with E-state index >= 15 is 0 Å². The zero-order valence-corrected chi connectivity index (χ0v) is 15.4. The van der Waals surface area contributed by atoms with Gasteiger partial charge in [-0.3, -0.25) is 29.8 Å². The highest BCUT2D eigenvalue weighted by Crippen LogP contribution is 2.32. The van der Waals surface area contributed by atoms with E-state index in [9.17, 15) is 29.8 Å². The van der Waals surface area contributed by atoms with Gasteiger partial charge in [-0.2, -0.15) is 0 Å². The molecule has 0 aliphatic heterocycles. The van der Waals surface area contributed by atoms with Crippen LogP contribution in [0.3, 0.4) is 0 Å². The number of carbonyl (C=O) groups excluding carboxylic acids is 2. The van der Waals surface area contributed by atoms with Gasteiger partial charge in [0, 0.05) is 41.8 Å². The maximum absolute atomic E-state index is 12.9. The standard InChI is InChI=1S/C21H18N2O6/c24-20(14-5-9-17(10-6-14)22(26)27)13-16-3-1-2-4-19(16)21(25)15-7-11-18(12-8-15)23(28)29/h4-12,16H,1-3,13H2/t16-/m1/s1. The molecule has 0 spiro atoms. The van der Waals surface area contributed by atoms with Crippen molar-refractivity contribution in [2.24, 2.45) is 5.92 Å². The molecule has 0 saturated heterocycles. The van der Waals surface area contributed by atoms with Crippen molar-refractivity contribution < 1.29 is 19.4 Å². The van der Waals surface area contributed by atoms with Crippen LogP contribution in [0.25, 0.3) is 0 Å². The summed E-state index contributed by atoms with van der Waals surface area (Å²) in [5.74, 6) is -0.676. The summed E-state index contributed by atoms with van der Waals surface area (Å²) < 4.78 is 0. The van der Waals surface area contributed by atoms with Crippen LogP contribution < -0.4 is 0 Å². The first kappa shape index (κ1) is 20.1. The maximum atomic E-state index is 12.9. The molecular weight excluding hydrogens is 376 g/mol. The Labute approximate surface area is 166 Å². The summed E-state index contributed by atoms with van der Waals surface area (Å²) >= 11 is 0. The number of benzene rings is 2. The average Bonchev–Trinajstić information content (AvgIpc) is 2.73. The topological polar surface area (TPSA) is 120 Å². The number of rotatable bonds is 7. The number of hydrogen-bond donors (Lipinski definition) is 0. The number of Topliss-reactive ketones (excluding diaryl/α,β-unsaturated/α-hetero) is 2. The molecule has 8 nitrogen and oxygen atoms in total. The predicted octanol–water partition coefficient (Wildman–Crippen LogP) is 4.69. The van der Waals surface area contributed by atoms with Crippen LogP contribution in [0.15, 0.2) is 60.2 Å². The minimum absolute atomic E-state index is 0.0897. The van der Waals surface area contributed by atoms with Crippen LogP contribution >= 0.6 is 0 Å². The summed E-state index contributed by atoms with van der Waals surface area (Å²) in [5, 5.41) is 21.5. The van der Waals surface area contributed by atoms with E-state index in [0.717, 1.165) is 12.8 Å². The molecule has 2 aromatic carbocycles. The third kappa shape index (κ3) is 4.60. The summed E-state index contributed by atoms with van der Waals surface area (Å²) in [6.45, 7) is 0. The lowest BCUT2D eigenvalue weighted by Crippen LogP contribution is -2.20. The molecule has 0 aromatic heterocycles. The Morgan fingerprint density at radius 2 is 1.38 bits per heavy atom. The van der Waals surface area contributed by atoms with E-state index in [1.807, 2.05) is 6.08 Å². The lowest BCUT2D eigenvalue weighted by molar-refractivity contribution is -0.385. The van der Waals surface area contributed by atoms with Crippen LogP contribution in [-0.4, -0.2) is 21.4 Å². The monoisotopic (exact) mass is 394 g/mol. The molecule has 0 amide bonds.